The summed E-state index contributed by atoms with van der Waals surface area (Å²) in [4.78, 5) is 11.4. The van der Waals surface area contributed by atoms with Crippen molar-refractivity contribution in [3.05, 3.63) is 11.9 Å². The van der Waals surface area contributed by atoms with Crippen LogP contribution in [-0.4, -0.2) is 30.1 Å². The van der Waals surface area contributed by atoms with Crippen LogP contribution < -0.4 is 10.2 Å². The van der Waals surface area contributed by atoms with E-state index in [4.69, 9.17) is 0 Å². The van der Waals surface area contributed by atoms with Crippen LogP contribution in [0.2, 0.25) is 0 Å². The highest BCUT2D eigenvalue weighted by molar-refractivity contribution is 5.58. The number of piperidine rings is 1. The number of rotatable bonds is 3. The van der Waals surface area contributed by atoms with E-state index in [1.807, 2.05) is 7.05 Å². The van der Waals surface area contributed by atoms with E-state index in [9.17, 15) is 0 Å². The molecule has 1 saturated heterocycles. The maximum Gasteiger partial charge on any atom is 0.137 e. The Bertz CT molecular complexity index is 470. The third-order valence-corrected chi connectivity index (χ3v) is 5.55. The van der Waals surface area contributed by atoms with E-state index < -0.39 is 0 Å². The number of hydrogen-bond acceptors (Lipinski definition) is 4. The van der Waals surface area contributed by atoms with E-state index in [2.05, 4.69) is 27.1 Å². The van der Waals surface area contributed by atoms with E-state index in [1.165, 1.54) is 50.5 Å². The van der Waals surface area contributed by atoms with Crippen molar-refractivity contribution in [2.24, 2.45) is 5.41 Å². The second-order valence-corrected chi connectivity index (χ2v) is 6.68. The smallest absolute Gasteiger partial charge is 0.137 e. The maximum absolute atomic E-state index is 4.59. The topological polar surface area (TPSA) is 41.1 Å². The second kappa shape index (κ2) is 6.20. The van der Waals surface area contributed by atoms with Gasteiger partial charge in [0, 0.05) is 25.7 Å². The quantitative estimate of drug-likeness (QED) is 0.922. The van der Waals surface area contributed by atoms with Gasteiger partial charge in [-0.1, -0.05) is 26.2 Å². The third kappa shape index (κ3) is 2.85. The molecule has 1 saturated carbocycles. The second-order valence-electron chi connectivity index (χ2n) is 6.68. The van der Waals surface area contributed by atoms with Gasteiger partial charge in [0.05, 0.1) is 0 Å². The van der Waals surface area contributed by atoms with Crippen LogP contribution in [0.5, 0.6) is 0 Å². The fourth-order valence-electron chi connectivity index (χ4n) is 4.21. The van der Waals surface area contributed by atoms with Gasteiger partial charge in [0.25, 0.3) is 0 Å². The van der Waals surface area contributed by atoms with Crippen LogP contribution in [0.1, 0.15) is 57.4 Å². The number of nitrogens with one attached hydrogen (secondary N) is 1. The molecule has 21 heavy (non-hydrogen) atoms. The first-order valence-corrected chi connectivity index (χ1v) is 8.54. The van der Waals surface area contributed by atoms with E-state index in [0.29, 0.717) is 5.41 Å². The summed E-state index contributed by atoms with van der Waals surface area (Å²) in [6.45, 7) is 4.51. The maximum atomic E-state index is 4.59. The summed E-state index contributed by atoms with van der Waals surface area (Å²) in [7, 11) is 1.94. The first kappa shape index (κ1) is 14.6. The van der Waals surface area contributed by atoms with Crippen LogP contribution in [0.3, 0.4) is 0 Å². The summed E-state index contributed by atoms with van der Waals surface area (Å²) >= 11 is 0. The Balaban J connectivity index is 1.75. The lowest BCUT2D eigenvalue weighted by Gasteiger charge is -2.45. The SMILES string of the molecule is CCc1c(NC)ncnc1N1CCC2(CCCCC2)CC1. The molecule has 1 aliphatic heterocycles. The van der Waals surface area contributed by atoms with Crippen LogP contribution in [0.15, 0.2) is 6.33 Å². The molecule has 0 aromatic carbocycles. The van der Waals surface area contributed by atoms with Crippen molar-refractivity contribution in [2.75, 3.05) is 30.4 Å². The predicted octanol–water partition coefficient (Wildman–Crippen LogP) is 3.63. The molecule has 2 fully saturated rings. The Hall–Kier alpha value is -1.32. The van der Waals surface area contributed by atoms with Crippen molar-refractivity contribution >= 4 is 11.6 Å². The standard InChI is InChI=1S/C17H28N4/c1-3-14-15(18-2)19-13-20-16(14)21-11-9-17(10-12-21)7-5-4-6-8-17/h13H,3-12H2,1-2H3,(H,18,19,20). The Morgan fingerprint density at radius 1 is 1.10 bits per heavy atom. The molecule has 2 aliphatic rings. The summed E-state index contributed by atoms with van der Waals surface area (Å²) in [6.07, 6.45) is 12.6. The highest BCUT2D eigenvalue weighted by atomic mass is 15.2. The van der Waals surface area contributed by atoms with Crippen molar-refractivity contribution < 1.29 is 0 Å². The molecule has 3 rings (SSSR count). The molecule has 2 heterocycles. The van der Waals surface area contributed by atoms with Crippen LogP contribution in [0.25, 0.3) is 0 Å². The predicted molar refractivity (Wildman–Crippen MR) is 87.9 cm³/mol. The van der Waals surface area contributed by atoms with E-state index in [0.717, 1.165) is 31.1 Å². The summed E-state index contributed by atoms with van der Waals surface area (Å²) in [5.41, 5.74) is 1.92. The minimum Gasteiger partial charge on any atom is -0.373 e. The first-order chi connectivity index (χ1) is 10.3. The molecule has 0 bridgehead atoms. The minimum absolute atomic E-state index is 0.653. The van der Waals surface area contributed by atoms with Crippen molar-refractivity contribution in [3.8, 4) is 0 Å². The lowest BCUT2D eigenvalue weighted by Crippen LogP contribution is -2.41. The van der Waals surface area contributed by atoms with Crippen LogP contribution in [-0.2, 0) is 6.42 Å². The van der Waals surface area contributed by atoms with Crippen molar-refractivity contribution in [2.45, 2.75) is 58.3 Å². The van der Waals surface area contributed by atoms with Gasteiger partial charge in [-0.25, -0.2) is 9.97 Å². The van der Waals surface area contributed by atoms with E-state index >= 15 is 0 Å². The largest absolute Gasteiger partial charge is 0.373 e. The Labute approximate surface area is 128 Å². The lowest BCUT2D eigenvalue weighted by atomic mass is 9.68. The fraction of sp³-hybridized carbons (Fsp3) is 0.765. The summed E-state index contributed by atoms with van der Waals surface area (Å²) < 4.78 is 0. The average Bonchev–Trinajstić information content (AvgIpc) is 2.55. The van der Waals surface area contributed by atoms with Crippen molar-refractivity contribution in [3.63, 3.8) is 0 Å². The summed E-state index contributed by atoms with van der Waals surface area (Å²) in [5, 5.41) is 3.21. The van der Waals surface area contributed by atoms with Crippen LogP contribution >= 0.6 is 0 Å². The molecule has 1 aromatic heterocycles. The molecule has 0 unspecified atom stereocenters. The average molecular weight is 288 g/mol. The Morgan fingerprint density at radius 2 is 1.81 bits per heavy atom. The monoisotopic (exact) mass is 288 g/mol. The Kier molecular flexibility index (Phi) is 4.32. The van der Waals surface area contributed by atoms with Gasteiger partial charge in [0.2, 0.25) is 0 Å². The molecule has 1 N–H and O–H groups in total. The molecule has 0 amide bonds. The van der Waals surface area contributed by atoms with Gasteiger partial charge < -0.3 is 10.2 Å². The fourth-order valence-corrected chi connectivity index (χ4v) is 4.21. The van der Waals surface area contributed by atoms with Gasteiger partial charge in [-0.2, -0.15) is 0 Å². The molecule has 0 radical (unpaired) electrons. The number of aromatic nitrogens is 2. The van der Waals surface area contributed by atoms with Gasteiger partial charge in [-0.3, -0.25) is 0 Å². The van der Waals surface area contributed by atoms with Gasteiger partial charge in [0.1, 0.15) is 18.0 Å². The zero-order valence-electron chi connectivity index (χ0n) is 13.5. The summed E-state index contributed by atoms with van der Waals surface area (Å²) in [6, 6.07) is 0. The van der Waals surface area contributed by atoms with Gasteiger partial charge in [0.15, 0.2) is 0 Å². The Morgan fingerprint density at radius 3 is 2.43 bits per heavy atom. The molecular weight excluding hydrogens is 260 g/mol. The van der Waals surface area contributed by atoms with Crippen molar-refractivity contribution in [1.82, 2.24) is 9.97 Å². The molecule has 4 heteroatoms. The molecule has 1 aliphatic carbocycles. The highest BCUT2D eigenvalue weighted by Gasteiger charge is 2.36. The number of hydrogen-bond donors (Lipinski definition) is 1. The molecule has 1 spiro atoms. The molecule has 1 aromatic rings. The van der Waals surface area contributed by atoms with Crippen LogP contribution in [0, 0.1) is 5.41 Å². The van der Waals surface area contributed by atoms with Gasteiger partial charge >= 0.3 is 0 Å². The number of anilines is 2. The van der Waals surface area contributed by atoms with E-state index in [1.54, 1.807) is 6.33 Å². The van der Waals surface area contributed by atoms with Crippen molar-refractivity contribution in [1.29, 1.82) is 0 Å². The zero-order chi connectivity index (χ0) is 14.7. The van der Waals surface area contributed by atoms with Gasteiger partial charge in [-0.15, -0.1) is 0 Å². The number of nitrogens with zero attached hydrogens (tertiary/aromatic N) is 3. The van der Waals surface area contributed by atoms with Gasteiger partial charge in [-0.05, 0) is 37.5 Å². The highest BCUT2D eigenvalue weighted by Crippen LogP contribution is 2.45. The van der Waals surface area contributed by atoms with E-state index in [-0.39, 0.29) is 0 Å². The normalized spacial score (nSPS) is 21.5. The zero-order valence-corrected chi connectivity index (χ0v) is 13.5. The molecule has 116 valence electrons. The first-order valence-electron chi connectivity index (χ1n) is 8.54. The lowest BCUT2D eigenvalue weighted by molar-refractivity contribution is 0.144. The van der Waals surface area contributed by atoms with Crippen LogP contribution in [0.4, 0.5) is 11.6 Å². The summed E-state index contributed by atoms with van der Waals surface area (Å²) in [5.74, 6) is 2.14. The minimum atomic E-state index is 0.653. The molecule has 4 nitrogen and oxygen atoms in total. The molecular formula is C17H28N4. The third-order valence-electron chi connectivity index (χ3n) is 5.55. The molecule has 0 atom stereocenters.